The molecule has 0 spiro atoms. The molecule has 1 aromatic rings. The number of hydrogen-bond acceptors (Lipinski definition) is 4. The average Bonchev–Trinajstić information content (AvgIpc) is 3.02. The lowest BCUT2D eigenvalue weighted by molar-refractivity contribution is -0.117. The normalized spacial score (nSPS) is 23.6. The van der Waals surface area contributed by atoms with Crippen LogP contribution in [0.5, 0.6) is 0 Å². The first-order valence-electron chi connectivity index (χ1n) is 7.80. The lowest BCUT2D eigenvalue weighted by atomic mass is 10.2. The number of nitrogens with one attached hydrogen (secondary N) is 1. The largest absolute Gasteiger partial charge is 0.325 e. The van der Waals surface area contributed by atoms with E-state index >= 15 is 0 Å². The molecule has 1 N–H and O–H groups in total. The Hall–Kier alpha value is -0.750. The summed E-state index contributed by atoms with van der Waals surface area (Å²) < 4.78 is 0. The third-order valence-electron chi connectivity index (χ3n) is 4.30. The van der Waals surface area contributed by atoms with Crippen molar-refractivity contribution < 1.29 is 4.79 Å². The maximum atomic E-state index is 12.1. The number of nitrogens with zero attached hydrogens (tertiary/aromatic N) is 2. The predicted molar refractivity (Wildman–Crippen MR) is 93.8 cm³/mol. The lowest BCUT2D eigenvalue weighted by Crippen LogP contribution is -2.51. The topological polar surface area (TPSA) is 35.6 Å². The van der Waals surface area contributed by atoms with E-state index in [1.807, 2.05) is 12.1 Å². The minimum atomic E-state index is 0.0344. The molecule has 0 radical (unpaired) electrons. The fourth-order valence-corrected chi connectivity index (χ4v) is 4.51. The Morgan fingerprint density at radius 3 is 2.82 bits per heavy atom. The average molecular weight is 340 g/mol. The smallest absolute Gasteiger partial charge is 0.238 e. The molecule has 1 amide bonds. The van der Waals surface area contributed by atoms with Crippen LogP contribution in [0.4, 0.5) is 5.69 Å². The van der Waals surface area contributed by atoms with Gasteiger partial charge in [0.05, 0.1) is 6.54 Å². The summed E-state index contributed by atoms with van der Waals surface area (Å²) in [6.45, 7) is 4.57. The molecule has 3 rings (SSSR count). The van der Waals surface area contributed by atoms with E-state index in [0.717, 1.165) is 37.9 Å². The maximum Gasteiger partial charge on any atom is 0.238 e. The molecular formula is C16H22ClN3OS. The van der Waals surface area contributed by atoms with E-state index in [4.69, 9.17) is 11.6 Å². The zero-order valence-electron chi connectivity index (χ0n) is 12.6. The lowest BCUT2D eigenvalue weighted by Gasteiger charge is -2.37. The van der Waals surface area contributed by atoms with Gasteiger partial charge in [-0.1, -0.05) is 17.7 Å². The summed E-state index contributed by atoms with van der Waals surface area (Å²) in [5.41, 5.74) is 0.763. The number of hydrogen-bond donors (Lipinski definition) is 1. The molecule has 1 atom stereocenters. The molecular weight excluding hydrogens is 318 g/mol. The van der Waals surface area contributed by atoms with E-state index in [1.165, 1.54) is 17.9 Å². The number of carbonyl (C=O) groups excluding carboxylic acids is 1. The van der Waals surface area contributed by atoms with Gasteiger partial charge in [0, 0.05) is 48.7 Å². The zero-order chi connectivity index (χ0) is 15.4. The fraction of sp³-hybridized carbons (Fsp3) is 0.562. The minimum absolute atomic E-state index is 0.0344. The Bertz CT molecular complexity index is 514. The van der Waals surface area contributed by atoms with Crippen molar-refractivity contribution in [3.8, 4) is 0 Å². The number of amides is 1. The van der Waals surface area contributed by atoms with Crippen molar-refractivity contribution in [2.45, 2.75) is 12.5 Å². The van der Waals surface area contributed by atoms with E-state index in [1.54, 1.807) is 12.1 Å². The van der Waals surface area contributed by atoms with Crippen molar-refractivity contribution >= 4 is 35.0 Å². The van der Waals surface area contributed by atoms with Crippen LogP contribution in [0.2, 0.25) is 5.02 Å². The van der Waals surface area contributed by atoms with Gasteiger partial charge in [0.1, 0.15) is 0 Å². The van der Waals surface area contributed by atoms with Gasteiger partial charge in [0.15, 0.2) is 0 Å². The Kier molecular flexibility index (Phi) is 5.63. The van der Waals surface area contributed by atoms with Crippen LogP contribution in [0.1, 0.15) is 6.42 Å². The summed E-state index contributed by atoms with van der Waals surface area (Å²) in [6, 6.07) is 8.04. The Morgan fingerprint density at radius 1 is 1.32 bits per heavy atom. The second-order valence-electron chi connectivity index (χ2n) is 5.89. The fourth-order valence-electron chi connectivity index (χ4n) is 3.07. The van der Waals surface area contributed by atoms with Crippen LogP contribution in [-0.4, -0.2) is 66.0 Å². The minimum Gasteiger partial charge on any atom is -0.325 e. The molecule has 2 fully saturated rings. The number of rotatable bonds is 4. The van der Waals surface area contributed by atoms with Crippen LogP contribution in [0.25, 0.3) is 0 Å². The quantitative estimate of drug-likeness (QED) is 0.913. The second kappa shape index (κ2) is 7.68. The standard InChI is InChI=1S/C16H22ClN3OS/c17-13-2-1-3-14(10-13)18-16(21)11-19-5-7-20(8-6-19)15-4-9-22-12-15/h1-3,10,15H,4-9,11-12H2,(H,18,21). The number of carbonyl (C=O) groups is 1. The highest BCUT2D eigenvalue weighted by Crippen LogP contribution is 2.23. The molecule has 4 nitrogen and oxygen atoms in total. The summed E-state index contributed by atoms with van der Waals surface area (Å²) in [5, 5.41) is 3.55. The van der Waals surface area contributed by atoms with Crippen LogP contribution < -0.4 is 5.32 Å². The summed E-state index contributed by atoms with van der Waals surface area (Å²) in [7, 11) is 0. The van der Waals surface area contributed by atoms with Crippen LogP contribution in [-0.2, 0) is 4.79 Å². The van der Waals surface area contributed by atoms with Crippen molar-refractivity contribution in [2.75, 3.05) is 49.5 Å². The molecule has 0 saturated carbocycles. The summed E-state index contributed by atoms with van der Waals surface area (Å²) in [6.07, 6.45) is 1.32. The summed E-state index contributed by atoms with van der Waals surface area (Å²) in [4.78, 5) is 16.9. The molecule has 6 heteroatoms. The van der Waals surface area contributed by atoms with Crippen molar-refractivity contribution in [3.63, 3.8) is 0 Å². The first-order chi connectivity index (χ1) is 10.7. The second-order valence-corrected chi connectivity index (χ2v) is 7.47. The number of benzene rings is 1. The Labute approximate surface area is 141 Å². The van der Waals surface area contributed by atoms with Crippen LogP contribution in [0.3, 0.4) is 0 Å². The summed E-state index contributed by atoms with van der Waals surface area (Å²) >= 11 is 7.99. The van der Waals surface area contributed by atoms with Crippen molar-refractivity contribution in [1.29, 1.82) is 0 Å². The van der Waals surface area contributed by atoms with Gasteiger partial charge < -0.3 is 5.32 Å². The number of piperazine rings is 1. The van der Waals surface area contributed by atoms with E-state index in [2.05, 4.69) is 26.9 Å². The van der Waals surface area contributed by atoms with Crippen molar-refractivity contribution in [2.24, 2.45) is 0 Å². The van der Waals surface area contributed by atoms with Gasteiger partial charge in [0.2, 0.25) is 5.91 Å². The first-order valence-corrected chi connectivity index (χ1v) is 9.33. The van der Waals surface area contributed by atoms with Gasteiger partial charge in [0.25, 0.3) is 0 Å². The molecule has 2 aliphatic heterocycles. The molecule has 0 aromatic heterocycles. The molecule has 2 saturated heterocycles. The SMILES string of the molecule is O=C(CN1CCN(C2CCSC2)CC1)Nc1cccc(Cl)c1. The van der Waals surface area contributed by atoms with Crippen molar-refractivity contribution in [1.82, 2.24) is 9.80 Å². The van der Waals surface area contributed by atoms with Gasteiger partial charge in [-0.15, -0.1) is 0 Å². The number of thioether (sulfide) groups is 1. The maximum absolute atomic E-state index is 12.1. The highest BCUT2D eigenvalue weighted by molar-refractivity contribution is 7.99. The monoisotopic (exact) mass is 339 g/mol. The highest BCUT2D eigenvalue weighted by atomic mass is 35.5. The Balaban J connectivity index is 1.43. The van der Waals surface area contributed by atoms with Crippen LogP contribution in [0.15, 0.2) is 24.3 Å². The van der Waals surface area contributed by atoms with Crippen LogP contribution >= 0.6 is 23.4 Å². The number of anilines is 1. The molecule has 2 aliphatic rings. The summed E-state index contributed by atoms with van der Waals surface area (Å²) in [5.74, 6) is 2.61. The molecule has 120 valence electrons. The van der Waals surface area contributed by atoms with E-state index in [-0.39, 0.29) is 5.91 Å². The van der Waals surface area contributed by atoms with Gasteiger partial charge in [-0.2, -0.15) is 11.8 Å². The zero-order valence-corrected chi connectivity index (χ0v) is 14.2. The Morgan fingerprint density at radius 2 is 2.14 bits per heavy atom. The molecule has 1 unspecified atom stereocenters. The van der Waals surface area contributed by atoms with Crippen molar-refractivity contribution in [3.05, 3.63) is 29.3 Å². The highest BCUT2D eigenvalue weighted by Gasteiger charge is 2.26. The number of halogens is 1. The third kappa shape index (κ3) is 4.38. The molecule has 1 aromatic carbocycles. The molecule has 22 heavy (non-hydrogen) atoms. The molecule has 2 heterocycles. The van der Waals surface area contributed by atoms with Crippen LogP contribution in [0, 0.1) is 0 Å². The van der Waals surface area contributed by atoms with E-state index in [9.17, 15) is 4.79 Å². The van der Waals surface area contributed by atoms with Gasteiger partial charge in [-0.3, -0.25) is 14.6 Å². The molecule has 0 aliphatic carbocycles. The van der Waals surface area contributed by atoms with E-state index < -0.39 is 0 Å². The first kappa shape index (κ1) is 16.1. The predicted octanol–water partition coefficient (Wildman–Crippen LogP) is 2.40. The van der Waals surface area contributed by atoms with Gasteiger partial charge in [-0.25, -0.2) is 0 Å². The van der Waals surface area contributed by atoms with Gasteiger partial charge in [-0.05, 0) is 30.4 Å². The van der Waals surface area contributed by atoms with E-state index in [0.29, 0.717) is 11.6 Å². The molecule has 0 bridgehead atoms. The third-order valence-corrected chi connectivity index (χ3v) is 5.68. The van der Waals surface area contributed by atoms with Gasteiger partial charge >= 0.3 is 0 Å².